The molecule has 2 aromatic heterocycles. The van der Waals surface area contributed by atoms with Crippen LogP contribution in [0.4, 0.5) is 5.00 Å². The number of nitrogens with zero attached hydrogens (tertiary/aromatic N) is 4. The van der Waals surface area contributed by atoms with Crippen molar-refractivity contribution in [3.63, 3.8) is 0 Å². The fraction of sp³-hybridized carbons (Fsp3) is 0.370. The van der Waals surface area contributed by atoms with Crippen LogP contribution in [0.1, 0.15) is 64.9 Å². The summed E-state index contributed by atoms with van der Waals surface area (Å²) in [5.74, 6) is 0.0222. The molecule has 0 fully saturated rings. The van der Waals surface area contributed by atoms with Crippen LogP contribution in [0.2, 0.25) is 10.0 Å². The first kappa shape index (κ1) is 29.2. The van der Waals surface area contributed by atoms with Crippen LogP contribution in [-0.4, -0.2) is 32.3 Å². The van der Waals surface area contributed by atoms with Crippen molar-refractivity contribution in [1.82, 2.24) is 20.1 Å². The number of halogens is 2. The van der Waals surface area contributed by atoms with Gasteiger partial charge in [0.2, 0.25) is 5.91 Å². The summed E-state index contributed by atoms with van der Waals surface area (Å²) in [6, 6.07) is 6.50. The highest BCUT2D eigenvalue weighted by atomic mass is 35.5. The third-order valence-corrected chi connectivity index (χ3v) is 9.05. The maximum atomic E-state index is 13.1. The molecule has 8 nitrogen and oxygen atoms in total. The number of carbonyl (C=O) groups excluding carboxylic acids is 2. The number of nitrogens with one attached hydrogen (secondary N) is 2. The Morgan fingerprint density at radius 2 is 2.05 bits per heavy atom. The number of hydrogen-bond acceptors (Lipinski definition) is 7. The first-order chi connectivity index (χ1) is 18.7. The van der Waals surface area contributed by atoms with Crippen molar-refractivity contribution in [3.8, 4) is 6.07 Å². The van der Waals surface area contributed by atoms with Gasteiger partial charge in [0.1, 0.15) is 11.1 Å². The monoisotopic (exact) mass is 602 g/mol. The average Bonchev–Trinajstić information content (AvgIpc) is 3.46. The van der Waals surface area contributed by atoms with Gasteiger partial charge < -0.3 is 15.2 Å². The van der Waals surface area contributed by atoms with Gasteiger partial charge in [0, 0.05) is 16.4 Å². The van der Waals surface area contributed by atoms with Gasteiger partial charge in [-0.15, -0.1) is 28.1 Å². The zero-order valence-electron chi connectivity index (χ0n) is 21.6. The number of rotatable bonds is 10. The number of benzene rings is 1. The number of nitriles is 1. The minimum Gasteiger partial charge on any atom is -0.342 e. The maximum Gasteiger partial charge on any atom is 0.253 e. The molecule has 0 spiro atoms. The smallest absolute Gasteiger partial charge is 0.253 e. The lowest BCUT2D eigenvalue weighted by Crippen LogP contribution is -2.34. The second-order valence-corrected chi connectivity index (χ2v) is 12.3. The molecule has 12 heteroatoms. The van der Waals surface area contributed by atoms with E-state index in [1.165, 1.54) is 34.0 Å². The number of fused-ring (bicyclic) bond motifs is 1. The minimum atomic E-state index is -0.476. The van der Waals surface area contributed by atoms with Crippen molar-refractivity contribution in [2.24, 2.45) is 5.92 Å². The number of amides is 2. The average molecular weight is 604 g/mol. The zero-order chi connectivity index (χ0) is 28.1. The summed E-state index contributed by atoms with van der Waals surface area (Å²) in [5, 5.41) is 26.1. The van der Waals surface area contributed by atoms with E-state index in [1.807, 2.05) is 18.4 Å². The van der Waals surface area contributed by atoms with E-state index in [2.05, 4.69) is 33.5 Å². The van der Waals surface area contributed by atoms with Crippen LogP contribution in [0.5, 0.6) is 0 Å². The van der Waals surface area contributed by atoms with Crippen LogP contribution >= 0.6 is 46.3 Å². The molecule has 1 atom stereocenters. The van der Waals surface area contributed by atoms with Crippen molar-refractivity contribution in [2.75, 3.05) is 11.1 Å². The van der Waals surface area contributed by atoms with Gasteiger partial charge in [-0.3, -0.25) is 9.59 Å². The molecule has 4 rings (SSSR count). The Morgan fingerprint density at radius 1 is 1.28 bits per heavy atom. The maximum absolute atomic E-state index is 13.1. The molecule has 0 saturated heterocycles. The molecule has 2 heterocycles. The van der Waals surface area contributed by atoms with Gasteiger partial charge in [0.05, 0.1) is 27.9 Å². The summed E-state index contributed by atoms with van der Waals surface area (Å²) in [6.45, 7) is 8.17. The first-order valence-corrected chi connectivity index (χ1v) is 15.1. The SMILES string of the molecule is C=CCn1c(SCC(=O)Nc2sc3c(c2C#N)CCCC3)nnc1[C@H](NC(=O)c1ccc(Cl)cc1Cl)C(C)C. The molecule has 0 bridgehead atoms. The van der Waals surface area contributed by atoms with E-state index in [9.17, 15) is 14.9 Å². The van der Waals surface area contributed by atoms with Gasteiger partial charge >= 0.3 is 0 Å². The van der Waals surface area contributed by atoms with E-state index < -0.39 is 6.04 Å². The van der Waals surface area contributed by atoms with Gasteiger partial charge in [-0.25, -0.2) is 0 Å². The van der Waals surface area contributed by atoms with Gasteiger partial charge in [-0.1, -0.05) is 54.9 Å². The van der Waals surface area contributed by atoms with Crippen LogP contribution in [-0.2, 0) is 24.2 Å². The highest BCUT2D eigenvalue weighted by Crippen LogP contribution is 2.37. The molecule has 3 aromatic rings. The Kier molecular flexibility index (Phi) is 9.72. The van der Waals surface area contributed by atoms with E-state index in [1.54, 1.807) is 18.2 Å². The topological polar surface area (TPSA) is 113 Å². The largest absolute Gasteiger partial charge is 0.342 e. The van der Waals surface area contributed by atoms with Crippen molar-refractivity contribution in [1.29, 1.82) is 5.26 Å². The molecular weight excluding hydrogens is 575 g/mol. The molecule has 1 aromatic carbocycles. The number of thioether (sulfide) groups is 1. The third-order valence-electron chi connectivity index (χ3n) is 6.33. The van der Waals surface area contributed by atoms with Crippen LogP contribution in [0.3, 0.4) is 0 Å². The van der Waals surface area contributed by atoms with Crippen LogP contribution in [0.15, 0.2) is 36.0 Å². The van der Waals surface area contributed by atoms with Crippen molar-refractivity contribution < 1.29 is 9.59 Å². The van der Waals surface area contributed by atoms with E-state index in [4.69, 9.17) is 23.2 Å². The highest BCUT2D eigenvalue weighted by molar-refractivity contribution is 7.99. The molecule has 1 aliphatic rings. The molecular formula is C27H28Cl2N6O2S2. The quantitative estimate of drug-likeness (QED) is 0.204. The zero-order valence-corrected chi connectivity index (χ0v) is 24.7. The van der Waals surface area contributed by atoms with E-state index in [0.717, 1.165) is 31.2 Å². The molecule has 2 amide bonds. The Labute approximate surface area is 245 Å². The fourth-order valence-electron chi connectivity index (χ4n) is 4.42. The summed E-state index contributed by atoms with van der Waals surface area (Å²) in [6.07, 6.45) is 5.71. The number of aryl methyl sites for hydroxylation is 1. The predicted octanol–water partition coefficient (Wildman–Crippen LogP) is 6.44. The molecule has 0 aliphatic heterocycles. The molecule has 1 aliphatic carbocycles. The van der Waals surface area contributed by atoms with Crippen LogP contribution in [0.25, 0.3) is 0 Å². The summed E-state index contributed by atoms with van der Waals surface area (Å²) in [7, 11) is 0. The number of anilines is 1. The lowest BCUT2D eigenvalue weighted by molar-refractivity contribution is -0.113. The second-order valence-electron chi connectivity index (χ2n) is 9.42. The van der Waals surface area contributed by atoms with Gasteiger partial charge in [-0.2, -0.15) is 5.26 Å². The molecule has 0 unspecified atom stereocenters. The Balaban J connectivity index is 1.49. The molecule has 204 valence electrons. The third kappa shape index (κ3) is 6.67. The second kappa shape index (κ2) is 13.0. The molecule has 0 saturated carbocycles. The Bertz CT molecular complexity index is 1440. The van der Waals surface area contributed by atoms with Gasteiger partial charge in [-0.05, 0) is 55.4 Å². The fourth-order valence-corrected chi connectivity index (χ4v) is 6.93. The van der Waals surface area contributed by atoms with Gasteiger partial charge in [0.15, 0.2) is 11.0 Å². The van der Waals surface area contributed by atoms with Crippen LogP contribution < -0.4 is 10.6 Å². The Hall–Kier alpha value is -2.84. The molecule has 2 N–H and O–H groups in total. The lowest BCUT2D eigenvalue weighted by atomic mass is 9.96. The summed E-state index contributed by atoms with van der Waals surface area (Å²) in [5.41, 5.74) is 1.97. The lowest BCUT2D eigenvalue weighted by Gasteiger charge is -2.23. The normalized spacial score (nSPS) is 13.4. The summed E-state index contributed by atoms with van der Waals surface area (Å²) in [4.78, 5) is 27.1. The summed E-state index contributed by atoms with van der Waals surface area (Å²) < 4.78 is 1.84. The number of carbonyl (C=O) groups is 2. The van der Waals surface area contributed by atoms with Crippen molar-refractivity contribution >= 4 is 63.1 Å². The number of allylic oxidation sites excluding steroid dienone is 1. The van der Waals surface area contributed by atoms with E-state index in [0.29, 0.717) is 38.7 Å². The van der Waals surface area contributed by atoms with Crippen molar-refractivity contribution in [2.45, 2.75) is 57.3 Å². The highest BCUT2D eigenvalue weighted by Gasteiger charge is 2.27. The predicted molar refractivity (Wildman–Crippen MR) is 157 cm³/mol. The van der Waals surface area contributed by atoms with E-state index >= 15 is 0 Å². The number of thiophene rings is 1. The molecule has 0 radical (unpaired) electrons. The molecule has 39 heavy (non-hydrogen) atoms. The number of aromatic nitrogens is 3. The first-order valence-electron chi connectivity index (χ1n) is 12.5. The standard InChI is InChI=1S/C27H28Cl2N6O2S2/c1-4-11-35-24(23(15(2)3)32-25(37)18-10-9-16(28)12-20(18)29)33-34-27(35)38-14-22(36)31-26-19(13-30)17-7-5-6-8-21(17)39-26/h4,9-10,12,15,23H,1,5-8,11,14H2,2-3H3,(H,31,36)(H,32,37)/t23-/m1/s1. The van der Waals surface area contributed by atoms with Crippen molar-refractivity contribution in [3.05, 3.63) is 68.3 Å². The number of hydrogen-bond donors (Lipinski definition) is 2. The summed E-state index contributed by atoms with van der Waals surface area (Å²) >= 11 is 15.0. The Morgan fingerprint density at radius 3 is 2.74 bits per heavy atom. The van der Waals surface area contributed by atoms with Gasteiger partial charge in [0.25, 0.3) is 5.91 Å². The minimum absolute atomic E-state index is 0.0248. The van der Waals surface area contributed by atoms with Crippen LogP contribution in [0, 0.1) is 17.2 Å². The van der Waals surface area contributed by atoms with E-state index in [-0.39, 0.29) is 28.5 Å².